The first-order chi connectivity index (χ1) is 8.47. The maximum Gasteiger partial charge on any atom is 0.327 e. The molecule has 0 aromatic heterocycles. The summed E-state index contributed by atoms with van der Waals surface area (Å²) >= 11 is 1.37. The highest BCUT2D eigenvalue weighted by Gasteiger charge is 2.36. The van der Waals surface area contributed by atoms with Crippen LogP contribution in [0.4, 0.5) is 4.79 Å². The number of carboxylic acid groups (broad SMARTS) is 1. The van der Waals surface area contributed by atoms with Crippen molar-refractivity contribution in [1.82, 2.24) is 9.80 Å². The van der Waals surface area contributed by atoms with Crippen molar-refractivity contribution in [3.63, 3.8) is 0 Å². The number of rotatable bonds is 4. The van der Waals surface area contributed by atoms with E-state index in [0.717, 1.165) is 0 Å². The van der Waals surface area contributed by atoms with Gasteiger partial charge in [0.05, 0.1) is 12.5 Å². The van der Waals surface area contributed by atoms with Crippen LogP contribution < -0.4 is 0 Å². The predicted molar refractivity (Wildman–Crippen MR) is 65.2 cm³/mol. The Morgan fingerprint density at radius 2 is 2.17 bits per heavy atom. The van der Waals surface area contributed by atoms with Crippen LogP contribution in [0, 0.1) is 0 Å². The second-order valence-corrected chi connectivity index (χ2v) is 4.77. The summed E-state index contributed by atoms with van der Waals surface area (Å²) < 4.78 is 4.73. The van der Waals surface area contributed by atoms with Crippen molar-refractivity contribution in [2.45, 2.75) is 13.0 Å². The fraction of sp³-hybridized carbons (Fsp3) is 0.700. The molecule has 7 nitrogen and oxygen atoms in total. The molecular formula is C10H16N2O5S. The van der Waals surface area contributed by atoms with E-state index in [9.17, 15) is 14.4 Å². The van der Waals surface area contributed by atoms with E-state index in [-0.39, 0.29) is 13.2 Å². The molecule has 1 rings (SSSR count). The third-order valence-electron chi connectivity index (χ3n) is 2.41. The van der Waals surface area contributed by atoms with Gasteiger partial charge < -0.3 is 19.6 Å². The molecule has 1 heterocycles. The van der Waals surface area contributed by atoms with Gasteiger partial charge in [-0.3, -0.25) is 4.79 Å². The molecule has 0 saturated carbocycles. The number of thioether (sulfide) groups is 1. The fourth-order valence-electron chi connectivity index (χ4n) is 1.52. The molecule has 102 valence electrons. The van der Waals surface area contributed by atoms with Crippen molar-refractivity contribution >= 4 is 29.7 Å². The van der Waals surface area contributed by atoms with Crippen molar-refractivity contribution in [3.8, 4) is 0 Å². The Hall–Kier alpha value is -1.44. The Morgan fingerprint density at radius 3 is 2.72 bits per heavy atom. The molecule has 0 unspecified atom stereocenters. The van der Waals surface area contributed by atoms with E-state index in [1.807, 2.05) is 0 Å². The quantitative estimate of drug-likeness (QED) is 0.731. The number of ether oxygens (including phenoxy) is 1. The molecule has 18 heavy (non-hydrogen) atoms. The van der Waals surface area contributed by atoms with Gasteiger partial charge in [0, 0.05) is 12.8 Å². The van der Waals surface area contributed by atoms with Crippen LogP contribution in [-0.2, 0) is 14.3 Å². The summed E-state index contributed by atoms with van der Waals surface area (Å²) in [6.45, 7) is 1.75. The number of urea groups is 1. The minimum absolute atomic E-state index is 0.180. The number of hydrogen-bond acceptors (Lipinski definition) is 5. The summed E-state index contributed by atoms with van der Waals surface area (Å²) in [5.74, 6) is -0.845. The minimum atomic E-state index is -1.03. The second kappa shape index (κ2) is 6.48. The van der Waals surface area contributed by atoms with Crippen molar-refractivity contribution < 1.29 is 24.2 Å². The van der Waals surface area contributed by atoms with Crippen LogP contribution in [-0.4, -0.2) is 70.7 Å². The van der Waals surface area contributed by atoms with Crippen LogP contribution in [0.3, 0.4) is 0 Å². The van der Waals surface area contributed by atoms with E-state index in [2.05, 4.69) is 0 Å². The lowest BCUT2D eigenvalue weighted by Gasteiger charge is -2.26. The first-order valence-corrected chi connectivity index (χ1v) is 6.60. The zero-order chi connectivity index (χ0) is 13.7. The van der Waals surface area contributed by atoms with Crippen LogP contribution in [0.25, 0.3) is 0 Å². The van der Waals surface area contributed by atoms with Crippen LogP contribution in [0.2, 0.25) is 0 Å². The molecule has 1 aliphatic rings. The first kappa shape index (κ1) is 14.6. The lowest BCUT2D eigenvalue weighted by atomic mass is 10.3. The summed E-state index contributed by atoms with van der Waals surface area (Å²) in [6, 6.07) is -1.30. The van der Waals surface area contributed by atoms with Crippen LogP contribution in [0.15, 0.2) is 0 Å². The molecule has 0 spiro atoms. The topological polar surface area (TPSA) is 87.2 Å². The molecule has 0 bridgehead atoms. The highest BCUT2D eigenvalue weighted by molar-refractivity contribution is 7.99. The van der Waals surface area contributed by atoms with Gasteiger partial charge >= 0.3 is 18.0 Å². The number of likely N-dealkylation sites (N-methyl/N-ethyl adjacent to an activating group) is 1. The van der Waals surface area contributed by atoms with Gasteiger partial charge in [-0.2, -0.15) is 0 Å². The summed E-state index contributed by atoms with van der Waals surface area (Å²) in [5, 5.41) is 8.96. The molecule has 1 saturated heterocycles. The van der Waals surface area contributed by atoms with Crippen LogP contribution in [0.1, 0.15) is 6.92 Å². The molecule has 0 radical (unpaired) electrons. The average molecular weight is 276 g/mol. The van der Waals surface area contributed by atoms with E-state index in [1.165, 1.54) is 28.6 Å². The monoisotopic (exact) mass is 276 g/mol. The Bertz CT molecular complexity index is 349. The zero-order valence-electron chi connectivity index (χ0n) is 10.3. The standard InChI is InChI=1S/C10H16N2O5S/c1-3-17-8(13)4-11(2)10(16)12-6-18-5-7(12)9(14)15/h7H,3-6H2,1-2H3,(H,14,15)/t7-/m0/s1. The van der Waals surface area contributed by atoms with Gasteiger partial charge in [0.25, 0.3) is 0 Å². The van der Waals surface area contributed by atoms with Crippen LogP contribution in [0.5, 0.6) is 0 Å². The van der Waals surface area contributed by atoms with Crippen molar-refractivity contribution in [2.75, 3.05) is 31.8 Å². The molecule has 1 atom stereocenters. The number of hydrogen-bond donors (Lipinski definition) is 1. The second-order valence-electron chi connectivity index (χ2n) is 3.77. The third-order valence-corrected chi connectivity index (χ3v) is 3.42. The summed E-state index contributed by atoms with van der Waals surface area (Å²) in [5.41, 5.74) is 0. The molecule has 1 N–H and O–H groups in total. The number of aliphatic carboxylic acids is 1. The number of carbonyl (C=O) groups excluding carboxylic acids is 2. The average Bonchev–Trinajstić information content (AvgIpc) is 2.76. The van der Waals surface area contributed by atoms with E-state index >= 15 is 0 Å². The fourth-order valence-corrected chi connectivity index (χ4v) is 2.66. The van der Waals surface area contributed by atoms with Crippen molar-refractivity contribution in [1.29, 1.82) is 0 Å². The van der Waals surface area contributed by atoms with Gasteiger partial charge in [0.2, 0.25) is 0 Å². The largest absolute Gasteiger partial charge is 0.480 e. The molecule has 0 aromatic carbocycles. The lowest BCUT2D eigenvalue weighted by molar-refractivity contribution is -0.143. The maximum atomic E-state index is 12.0. The van der Waals surface area contributed by atoms with Gasteiger partial charge in [-0.25, -0.2) is 9.59 Å². The van der Waals surface area contributed by atoms with Gasteiger partial charge in [-0.05, 0) is 6.92 Å². The number of esters is 1. The maximum absolute atomic E-state index is 12.0. The molecule has 1 aliphatic heterocycles. The number of carbonyl (C=O) groups is 3. The molecular weight excluding hydrogens is 260 g/mol. The minimum Gasteiger partial charge on any atom is -0.480 e. The van der Waals surface area contributed by atoms with Gasteiger partial charge in [-0.15, -0.1) is 11.8 Å². The van der Waals surface area contributed by atoms with E-state index in [4.69, 9.17) is 9.84 Å². The Balaban J connectivity index is 2.57. The summed E-state index contributed by atoms with van der Waals surface area (Å²) in [7, 11) is 1.45. The van der Waals surface area contributed by atoms with Crippen LogP contribution >= 0.6 is 11.8 Å². The zero-order valence-corrected chi connectivity index (χ0v) is 11.1. The third kappa shape index (κ3) is 3.52. The van der Waals surface area contributed by atoms with E-state index < -0.39 is 24.0 Å². The van der Waals surface area contributed by atoms with Gasteiger partial charge in [0.1, 0.15) is 12.6 Å². The lowest BCUT2D eigenvalue weighted by Crippen LogP contribution is -2.48. The van der Waals surface area contributed by atoms with Gasteiger partial charge in [-0.1, -0.05) is 0 Å². The molecule has 2 amide bonds. The Labute approximate surface area is 109 Å². The Kier molecular flexibility index (Phi) is 5.26. The van der Waals surface area contributed by atoms with Crippen molar-refractivity contribution in [2.24, 2.45) is 0 Å². The normalized spacial score (nSPS) is 18.6. The summed E-state index contributed by atoms with van der Waals surface area (Å²) in [4.78, 5) is 36.6. The first-order valence-electron chi connectivity index (χ1n) is 5.45. The van der Waals surface area contributed by atoms with Gasteiger partial charge in [0.15, 0.2) is 0 Å². The van der Waals surface area contributed by atoms with E-state index in [0.29, 0.717) is 11.6 Å². The molecule has 1 fully saturated rings. The number of nitrogens with zero attached hydrogens (tertiary/aromatic N) is 2. The SMILES string of the molecule is CCOC(=O)CN(C)C(=O)N1CSC[C@H]1C(=O)O. The smallest absolute Gasteiger partial charge is 0.327 e. The number of amides is 2. The highest BCUT2D eigenvalue weighted by Crippen LogP contribution is 2.22. The highest BCUT2D eigenvalue weighted by atomic mass is 32.2. The Morgan fingerprint density at radius 1 is 1.50 bits per heavy atom. The van der Waals surface area contributed by atoms with Crippen molar-refractivity contribution in [3.05, 3.63) is 0 Å². The molecule has 0 aliphatic carbocycles. The molecule has 8 heteroatoms. The number of carboxylic acids is 1. The predicted octanol–water partition coefficient (Wildman–Crippen LogP) is 0.0608. The van der Waals surface area contributed by atoms with E-state index in [1.54, 1.807) is 6.92 Å². The molecule has 0 aromatic rings. The summed E-state index contributed by atoms with van der Waals surface area (Å²) in [6.07, 6.45) is 0.